The Morgan fingerprint density at radius 3 is 2.78 bits per heavy atom. The molecule has 0 amide bonds. The van der Waals surface area contributed by atoms with E-state index in [1.165, 1.54) is 11.3 Å². The third kappa shape index (κ3) is 3.75. The SMILES string of the molecule is Cc1ccc(N2CN=c3s/c(=C\C=C\c4ccccc4)c(=O)n3C2)cc1Cl. The molecule has 2 heterocycles. The topological polar surface area (TPSA) is 37.6 Å². The van der Waals surface area contributed by atoms with E-state index in [9.17, 15) is 4.79 Å². The Balaban J connectivity index is 1.62. The van der Waals surface area contributed by atoms with Gasteiger partial charge in [0.1, 0.15) is 13.3 Å². The summed E-state index contributed by atoms with van der Waals surface area (Å²) in [7, 11) is 0. The average Bonchev–Trinajstić information content (AvgIpc) is 3.00. The summed E-state index contributed by atoms with van der Waals surface area (Å²) in [5.74, 6) is 0. The first-order valence-corrected chi connectivity index (χ1v) is 9.80. The molecule has 3 aromatic rings. The zero-order valence-corrected chi connectivity index (χ0v) is 16.4. The molecule has 4 nitrogen and oxygen atoms in total. The Kier molecular flexibility index (Phi) is 4.97. The number of fused-ring (bicyclic) bond motifs is 1. The van der Waals surface area contributed by atoms with Crippen LogP contribution >= 0.6 is 22.9 Å². The molecule has 0 bridgehead atoms. The van der Waals surface area contributed by atoms with Crippen LogP contribution in [0.3, 0.4) is 0 Å². The molecular weight excluding hydrogens is 378 g/mol. The molecule has 27 heavy (non-hydrogen) atoms. The molecule has 4 rings (SSSR count). The number of nitrogens with zero attached hydrogens (tertiary/aromatic N) is 3. The fraction of sp³-hybridized carbons (Fsp3) is 0.143. The van der Waals surface area contributed by atoms with Crippen molar-refractivity contribution in [1.82, 2.24) is 4.57 Å². The van der Waals surface area contributed by atoms with Crippen LogP contribution in [0.4, 0.5) is 5.69 Å². The lowest BCUT2D eigenvalue weighted by molar-refractivity contribution is 0.569. The summed E-state index contributed by atoms with van der Waals surface area (Å²) in [5, 5.41) is 0.719. The van der Waals surface area contributed by atoms with Crippen molar-refractivity contribution in [2.45, 2.75) is 13.6 Å². The van der Waals surface area contributed by atoms with Crippen molar-refractivity contribution in [3.8, 4) is 0 Å². The minimum atomic E-state index is -0.0145. The van der Waals surface area contributed by atoms with Crippen molar-refractivity contribution in [3.05, 3.63) is 90.4 Å². The highest BCUT2D eigenvalue weighted by Gasteiger charge is 2.16. The van der Waals surface area contributed by atoms with E-state index < -0.39 is 0 Å². The molecule has 0 fully saturated rings. The van der Waals surface area contributed by atoms with E-state index in [0.717, 1.165) is 26.6 Å². The van der Waals surface area contributed by atoms with Gasteiger partial charge in [-0.1, -0.05) is 71.5 Å². The molecule has 0 unspecified atom stereocenters. The normalized spacial score (nSPS) is 14.4. The van der Waals surface area contributed by atoms with E-state index >= 15 is 0 Å². The minimum absolute atomic E-state index is 0.0145. The molecule has 136 valence electrons. The van der Waals surface area contributed by atoms with Gasteiger partial charge in [0, 0.05) is 10.7 Å². The molecule has 1 aliphatic heterocycles. The molecule has 1 aromatic heterocycles. The van der Waals surface area contributed by atoms with Gasteiger partial charge in [0.05, 0.1) is 4.53 Å². The predicted octanol–water partition coefficient (Wildman–Crippen LogP) is 3.42. The smallest absolute Gasteiger partial charge is 0.271 e. The van der Waals surface area contributed by atoms with Gasteiger partial charge >= 0.3 is 0 Å². The van der Waals surface area contributed by atoms with Crippen molar-refractivity contribution in [2.24, 2.45) is 4.99 Å². The number of anilines is 1. The van der Waals surface area contributed by atoms with E-state index in [2.05, 4.69) is 4.99 Å². The summed E-state index contributed by atoms with van der Waals surface area (Å²) in [6.07, 6.45) is 5.75. The second-order valence-electron chi connectivity index (χ2n) is 6.33. The van der Waals surface area contributed by atoms with Gasteiger partial charge in [-0.2, -0.15) is 0 Å². The quantitative estimate of drug-likeness (QED) is 0.681. The van der Waals surface area contributed by atoms with Crippen LogP contribution in [0.2, 0.25) is 5.02 Å². The van der Waals surface area contributed by atoms with E-state index in [0.29, 0.717) is 17.9 Å². The van der Waals surface area contributed by atoms with Gasteiger partial charge in [-0.15, -0.1) is 0 Å². The summed E-state index contributed by atoms with van der Waals surface area (Å²) in [5.41, 5.74) is 3.08. The number of aromatic nitrogens is 1. The highest BCUT2D eigenvalue weighted by atomic mass is 35.5. The lowest BCUT2D eigenvalue weighted by atomic mass is 10.2. The van der Waals surface area contributed by atoms with Gasteiger partial charge in [0.2, 0.25) is 0 Å². The Morgan fingerprint density at radius 1 is 1.19 bits per heavy atom. The number of hydrogen-bond acceptors (Lipinski definition) is 4. The molecule has 0 saturated carbocycles. The fourth-order valence-corrected chi connectivity index (χ4v) is 3.97. The standard InChI is InChI=1S/C21H18ClN3OS/c1-15-10-11-17(12-18(15)22)24-13-23-21-25(14-24)20(26)19(27-21)9-5-8-16-6-3-2-4-7-16/h2-12H,13-14H2,1H3/b8-5+,19-9-. The second-order valence-corrected chi connectivity index (χ2v) is 7.75. The first-order chi connectivity index (χ1) is 13.1. The van der Waals surface area contributed by atoms with Crippen LogP contribution in [0.5, 0.6) is 0 Å². The van der Waals surface area contributed by atoms with Crippen LogP contribution in [0.15, 0.2) is 64.4 Å². The summed E-state index contributed by atoms with van der Waals surface area (Å²) in [4.78, 5) is 20.1. The summed E-state index contributed by atoms with van der Waals surface area (Å²) < 4.78 is 2.40. The van der Waals surface area contributed by atoms with Gasteiger partial charge in [-0.05, 0) is 36.3 Å². The highest BCUT2D eigenvalue weighted by molar-refractivity contribution is 7.07. The Labute approximate surface area is 166 Å². The van der Waals surface area contributed by atoms with Crippen LogP contribution in [0.25, 0.3) is 12.2 Å². The Hall–Kier alpha value is -2.63. The summed E-state index contributed by atoms with van der Waals surface area (Å²) >= 11 is 7.66. The van der Waals surface area contributed by atoms with E-state index in [-0.39, 0.29) is 5.56 Å². The molecule has 0 N–H and O–H groups in total. The van der Waals surface area contributed by atoms with Gasteiger partial charge in [-0.3, -0.25) is 9.36 Å². The molecule has 0 aliphatic carbocycles. The average molecular weight is 396 g/mol. The van der Waals surface area contributed by atoms with E-state index in [4.69, 9.17) is 11.6 Å². The van der Waals surface area contributed by atoms with Gasteiger partial charge in [-0.25, -0.2) is 4.99 Å². The largest absolute Gasteiger partial charge is 0.334 e. The lowest BCUT2D eigenvalue weighted by Gasteiger charge is -2.26. The fourth-order valence-electron chi connectivity index (χ4n) is 2.88. The highest BCUT2D eigenvalue weighted by Crippen LogP contribution is 2.23. The van der Waals surface area contributed by atoms with Gasteiger partial charge in [0.15, 0.2) is 4.80 Å². The molecule has 6 heteroatoms. The molecule has 0 radical (unpaired) electrons. The molecule has 0 atom stereocenters. The van der Waals surface area contributed by atoms with Crippen LogP contribution in [-0.2, 0) is 6.67 Å². The molecule has 0 spiro atoms. The number of benzene rings is 2. The van der Waals surface area contributed by atoms with Crippen molar-refractivity contribution >= 4 is 40.8 Å². The number of hydrogen-bond donors (Lipinski definition) is 0. The lowest BCUT2D eigenvalue weighted by Crippen LogP contribution is -2.42. The van der Waals surface area contributed by atoms with Gasteiger partial charge < -0.3 is 4.90 Å². The number of allylic oxidation sites excluding steroid dienone is 1. The number of halogens is 1. The van der Waals surface area contributed by atoms with Gasteiger partial charge in [0.25, 0.3) is 5.56 Å². The van der Waals surface area contributed by atoms with Crippen LogP contribution in [0.1, 0.15) is 11.1 Å². The van der Waals surface area contributed by atoms with Crippen molar-refractivity contribution in [1.29, 1.82) is 0 Å². The number of thiazole rings is 1. The van der Waals surface area contributed by atoms with Crippen LogP contribution < -0.4 is 19.8 Å². The minimum Gasteiger partial charge on any atom is -0.334 e. The van der Waals surface area contributed by atoms with Crippen molar-refractivity contribution in [3.63, 3.8) is 0 Å². The monoisotopic (exact) mass is 395 g/mol. The maximum absolute atomic E-state index is 12.7. The summed E-state index contributed by atoms with van der Waals surface area (Å²) in [6, 6.07) is 15.9. The maximum atomic E-state index is 12.7. The van der Waals surface area contributed by atoms with Crippen LogP contribution in [0, 0.1) is 6.92 Å². The molecule has 0 saturated heterocycles. The molecule has 2 aromatic carbocycles. The Morgan fingerprint density at radius 2 is 2.00 bits per heavy atom. The number of rotatable bonds is 3. The first-order valence-electron chi connectivity index (χ1n) is 8.60. The predicted molar refractivity (Wildman–Crippen MR) is 113 cm³/mol. The maximum Gasteiger partial charge on any atom is 0.271 e. The second kappa shape index (κ2) is 7.55. The third-order valence-corrected chi connectivity index (χ3v) is 5.90. The van der Waals surface area contributed by atoms with E-state index in [1.807, 2.05) is 78.6 Å². The zero-order chi connectivity index (χ0) is 18.8. The Bertz CT molecular complexity index is 1180. The van der Waals surface area contributed by atoms with E-state index in [1.54, 1.807) is 4.57 Å². The third-order valence-electron chi connectivity index (χ3n) is 4.43. The molecular formula is C21H18ClN3OS. The van der Waals surface area contributed by atoms with Crippen molar-refractivity contribution < 1.29 is 0 Å². The van der Waals surface area contributed by atoms with Crippen LogP contribution in [-0.4, -0.2) is 11.2 Å². The zero-order valence-electron chi connectivity index (χ0n) is 14.8. The first kappa shape index (κ1) is 17.8. The molecule has 1 aliphatic rings. The summed E-state index contributed by atoms with van der Waals surface area (Å²) in [6.45, 7) is 2.96. The van der Waals surface area contributed by atoms with Crippen molar-refractivity contribution in [2.75, 3.05) is 11.6 Å². The number of aryl methyl sites for hydroxylation is 1.